The van der Waals surface area contributed by atoms with Crippen molar-refractivity contribution in [2.24, 2.45) is 0 Å². The van der Waals surface area contributed by atoms with Gasteiger partial charge in [-0.3, -0.25) is 0 Å². The van der Waals surface area contributed by atoms with E-state index in [2.05, 4.69) is 10.3 Å². The molecule has 0 saturated carbocycles. The van der Waals surface area contributed by atoms with Crippen molar-refractivity contribution in [3.63, 3.8) is 0 Å². The fourth-order valence-corrected chi connectivity index (χ4v) is 5.89. The second kappa shape index (κ2) is 13.1. The number of anilines is 4. The lowest BCUT2D eigenvalue weighted by Crippen LogP contribution is -2.41. The monoisotopic (exact) mass is 645 g/mol. The lowest BCUT2D eigenvalue weighted by Gasteiger charge is -2.26. The van der Waals surface area contributed by atoms with Crippen LogP contribution >= 0.6 is 22.9 Å². The SMILES string of the molecule is CN(CCCN(C)c1cc(F)ccc1Nc1cc(F)c(S(=O)(=O)N(C(=O)OC(C)(C)C)c2cscn2)cc1Cl)C(=O)O. The number of ether oxygens (including phenoxy) is 1. The molecule has 0 fully saturated rings. The zero-order chi connectivity index (χ0) is 31.4. The summed E-state index contributed by atoms with van der Waals surface area (Å²) in [6.07, 6.45) is -1.92. The number of halogens is 3. The normalized spacial score (nSPS) is 11.6. The number of sulfonamides is 1. The molecule has 2 amide bonds. The van der Waals surface area contributed by atoms with E-state index in [1.54, 1.807) is 32.7 Å². The third kappa shape index (κ3) is 7.98. The van der Waals surface area contributed by atoms with Crippen molar-refractivity contribution in [3.8, 4) is 0 Å². The van der Waals surface area contributed by atoms with Crippen molar-refractivity contribution >= 4 is 68.0 Å². The number of nitrogens with zero attached hydrogens (tertiary/aromatic N) is 4. The molecule has 0 aliphatic rings. The van der Waals surface area contributed by atoms with Crippen molar-refractivity contribution in [2.45, 2.75) is 37.7 Å². The molecule has 1 heterocycles. The molecule has 11 nitrogen and oxygen atoms in total. The number of amides is 2. The number of benzene rings is 2. The lowest BCUT2D eigenvalue weighted by molar-refractivity contribution is 0.0608. The van der Waals surface area contributed by atoms with Crippen LogP contribution in [-0.4, -0.2) is 68.4 Å². The van der Waals surface area contributed by atoms with Crippen molar-refractivity contribution in [1.82, 2.24) is 9.88 Å². The molecule has 0 unspecified atom stereocenters. The largest absolute Gasteiger partial charge is 0.465 e. The number of carbonyl (C=O) groups is 2. The first-order valence-electron chi connectivity index (χ1n) is 12.4. The van der Waals surface area contributed by atoms with Crippen LogP contribution in [0, 0.1) is 11.6 Å². The predicted octanol–water partition coefficient (Wildman–Crippen LogP) is 6.38. The van der Waals surface area contributed by atoms with Crippen LogP contribution in [0.5, 0.6) is 0 Å². The smallest absolute Gasteiger partial charge is 0.430 e. The van der Waals surface area contributed by atoms with Gasteiger partial charge in [0, 0.05) is 38.6 Å². The van der Waals surface area contributed by atoms with Gasteiger partial charge < -0.3 is 25.0 Å². The third-order valence-electron chi connectivity index (χ3n) is 5.68. The number of carboxylic acid groups (broad SMARTS) is 1. The third-order valence-corrected chi connectivity index (χ3v) is 8.25. The maximum Gasteiger partial charge on any atom is 0.430 e. The first-order chi connectivity index (χ1) is 19.5. The van der Waals surface area contributed by atoms with Crippen LogP contribution in [0.15, 0.2) is 46.1 Å². The summed E-state index contributed by atoms with van der Waals surface area (Å²) in [5.74, 6) is -2.05. The highest BCUT2D eigenvalue weighted by molar-refractivity contribution is 7.93. The zero-order valence-corrected chi connectivity index (χ0v) is 25.8. The highest BCUT2D eigenvalue weighted by Crippen LogP contribution is 2.36. The molecule has 3 rings (SSSR count). The Balaban J connectivity index is 1.94. The van der Waals surface area contributed by atoms with E-state index in [0.29, 0.717) is 24.3 Å². The first kappa shape index (κ1) is 32.8. The van der Waals surface area contributed by atoms with Crippen molar-refractivity contribution in [3.05, 3.63) is 57.9 Å². The molecule has 0 aliphatic heterocycles. The number of carbonyl (C=O) groups excluding carboxylic acids is 1. The summed E-state index contributed by atoms with van der Waals surface area (Å²) in [4.78, 5) is 29.7. The molecule has 16 heteroatoms. The van der Waals surface area contributed by atoms with E-state index in [9.17, 15) is 22.4 Å². The second-order valence-corrected chi connectivity index (χ2v) is 13.0. The van der Waals surface area contributed by atoms with E-state index >= 15 is 4.39 Å². The predicted molar refractivity (Wildman–Crippen MR) is 158 cm³/mol. The minimum Gasteiger partial charge on any atom is -0.465 e. The quantitative estimate of drug-likeness (QED) is 0.257. The summed E-state index contributed by atoms with van der Waals surface area (Å²) in [6, 6.07) is 5.51. The summed E-state index contributed by atoms with van der Waals surface area (Å²) >= 11 is 7.42. The standard InChI is InChI=1S/C26H30ClF2N5O6S2/c1-26(2,3)40-25(37)34(23-14-41-15-30-23)42(38,39)22-12-17(27)20(13-18(22)29)31-19-8-7-16(28)11-21(19)32(4)9-6-10-33(5)24(35)36/h7-8,11-15,31H,6,9-10H2,1-5H3,(H,35,36). The maximum absolute atomic E-state index is 15.5. The minimum absolute atomic E-state index is 0.0301. The Morgan fingerprint density at radius 1 is 1.12 bits per heavy atom. The Hall–Kier alpha value is -3.69. The van der Waals surface area contributed by atoms with Crippen LogP contribution in [0.4, 0.5) is 41.2 Å². The molecule has 0 saturated heterocycles. The number of thiazole rings is 1. The Morgan fingerprint density at radius 3 is 2.40 bits per heavy atom. The lowest BCUT2D eigenvalue weighted by atomic mass is 10.2. The molecule has 3 aromatic rings. The average Bonchev–Trinajstić information content (AvgIpc) is 3.39. The van der Waals surface area contributed by atoms with Crippen LogP contribution in [-0.2, 0) is 14.8 Å². The van der Waals surface area contributed by atoms with Crippen LogP contribution in [0.1, 0.15) is 27.2 Å². The Morgan fingerprint density at radius 2 is 1.81 bits per heavy atom. The maximum atomic E-state index is 15.5. The highest BCUT2D eigenvalue weighted by atomic mass is 35.5. The minimum atomic E-state index is -4.88. The van der Waals surface area contributed by atoms with Crippen LogP contribution in [0.25, 0.3) is 0 Å². The van der Waals surface area contributed by atoms with Gasteiger partial charge in [0.1, 0.15) is 22.1 Å². The first-order valence-corrected chi connectivity index (χ1v) is 15.1. The van der Waals surface area contributed by atoms with Gasteiger partial charge in [0.05, 0.1) is 27.6 Å². The fourth-order valence-electron chi connectivity index (χ4n) is 3.68. The zero-order valence-electron chi connectivity index (χ0n) is 23.4. The van der Waals surface area contributed by atoms with Crippen molar-refractivity contribution in [2.75, 3.05) is 41.7 Å². The summed E-state index contributed by atoms with van der Waals surface area (Å²) < 4.78 is 62.2. The highest BCUT2D eigenvalue weighted by Gasteiger charge is 2.38. The van der Waals surface area contributed by atoms with Crippen molar-refractivity contribution in [1.29, 1.82) is 0 Å². The molecule has 0 aliphatic carbocycles. The molecule has 42 heavy (non-hydrogen) atoms. The molecule has 0 bridgehead atoms. The number of hydrogen-bond acceptors (Lipinski definition) is 9. The van der Waals surface area contributed by atoms with Gasteiger partial charge in [-0.15, -0.1) is 15.6 Å². The van der Waals surface area contributed by atoms with Crippen LogP contribution < -0.4 is 14.5 Å². The van der Waals surface area contributed by atoms with E-state index < -0.39 is 44.3 Å². The van der Waals surface area contributed by atoms with Gasteiger partial charge in [0.2, 0.25) is 0 Å². The number of nitrogens with one attached hydrogen (secondary N) is 1. The topological polar surface area (TPSA) is 132 Å². The summed E-state index contributed by atoms with van der Waals surface area (Å²) in [5, 5.41) is 13.0. The molecule has 0 atom stereocenters. The average molecular weight is 646 g/mol. The van der Waals surface area contributed by atoms with E-state index in [4.69, 9.17) is 21.4 Å². The molecule has 0 radical (unpaired) electrons. The number of rotatable bonds is 10. The van der Waals surface area contributed by atoms with E-state index in [-0.39, 0.29) is 27.4 Å². The van der Waals surface area contributed by atoms with Crippen LogP contribution in [0.2, 0.25) is 5.02 Å². The van der Waals surface area contributed by atoms with Gasteiger partial charge in [-0.05, 0) is 51.5 Å². The number of aromatic nitrogens is 1. The summed E-state index contributed by atoms with van der Waals surface area (Å²) in [7, 11) is -1.78. The van der Waals surface area contributed by atoms with E-state index in [1.807, 2.05) is 0 Å². The van der Waals surface area contributed by atoms with Gasteiger partial charge in [0.15, 0.2) is 5.82 Å². The van der Waals surface area contributed by atoms with E-state index in [1.165, 1.54) is 36.1 Å². The Bertz CT molecular complexity index is 1550. The van der Waals surface area contributed by atoms with Gasteiger partial charge >= 0.3 is 12.2 Å². The van der Waals surface area contributed by atoms with Crippen LogP contribution in [0.3, 0.4) is 0 Å². The molecule has 2 N–H and O–H groups in total. The van der Waals surface area contributed by atoms with Crippen molar-refractivity contribution < 1.29 is 36.6 Å². The molecular weight excluding hydrogens is 616 g/mol. The molecule has 2 aromatic carbocycles. The fraction of sp³-hybridized carbons (Fsp3) is 0.346. The van der Waals surface area contributed by atoms with E-state index in [0.717, 1.165) is 28.4 Å². The van der Waals surface area contributed by atoms with Gasteiger partial charge in [-0.2, -0.15) is 0 Å². The molecule has 1 aromatic heterocycles. The molecular formula is C26H30ClF2N5O6S2. The Labute approximate surface area is 251 Å². The Kier molecular flexibility index (Phi) is 10.2. The van der Waals surface area contributed by atoms with Gasteiger partial charge in [0.25, 0.3) is 10.0 Å². The van der Waals surface area contributed by atoms with Gasteiger partial charge in [-0.25, -0.2) is 31.8 Å². The summed E-state index contributed by atoms with van der Waals surface area (Å²) in [6.45, 7) is 5.23. The second-order valence-electron chi connectivity index (χ2n) is 10.1. The molecule has 228 valence electrons. The summed E-state index contributed by atoms with van der Waals surface area (Å²) in [5.41, 5.74) is 0.899. The van der Waals surface area contributed by atoms with Gasteiger partial charge in [-0.1, -0.05) is 11.6 Å². The molecule has 0 spiro atoms. The number of hydrogen-bond donors (Lipinski definition) is 2.